The molecule has 62 valence electrons. The zero-order valence-electron chi connectivity index (χ0n) is 5.84. The lowest BCUT2D eigenvalue weighted by atomic mass is 9.95. The number of methoxy groups -OCH3 is 1. The smallest absolute Gasteiger partial charge is 0.0573 e. The molecule has 0 heterocycles. The molecule has 0 radical (unpaired) electrons. The third-order valence-corrected chi connectivity index (χ3v) is 1.98. The summed E-state index contributed by atoms with van der Waals surface area (Å²) < 4.78 is 5.13. The van der Waals surface area contributed by atoms with E-state index in [1.54, 1.807) is 7.11 Å². The van der Waals surface area contributed by atoms with Crippen LogP contribution in [-0.2, 0) is 4.74 Å². The fourth-order valence-electron chi connectivity index (χ4n) is 1.28. The van der Waals surface area contributed by atoms with Gasteiger partial charge in [-0.15, -0.1) is 0 Å². The van der Waals surface area contributed by atoms with E-state index in [1.807, 2.05) is 0 Å². The summed E-state index contributed by atoms with van der Waals surface area (Å²) in [7, 11) is 1.74. The van der Waals surface area contributed by atoms with Gasteiger partial charge in [-0.3, -0.25) is 0 Å². The average Bonchev–Trinajstić information content (AvgIpc) is 1.90. The summed E-state index contributed by atoms with van der Waals surface area (Å²) in [6.45, 7) is 0. The van der Waals surface area contributed by atoms with Crippen molar-refractivity contribution < 1.29 is 9.84 Å². The van der Waals surface area contributed by atoms with Crippen LogP contribution in [0.5, 0.6) is 0 Å². The molecule has 0 aromatic rings. The number of aliphatic hydroxyl groups is 1. The van der Waals surface area contributed by atoms with Gasteiger partial charge in [-0.2, -0.15) is 0 Å². The molecule has 10 heavy (non-hydrogen) atoms. The van der Waals surface area contributed by atoms with Gasteiger partial charge in [0.1, 0.15) is 0 Å². The quantitative estimate of drug-likeness (QED) is 0.608. The lowest BCUT2D eigenvalue weighted by Gasteiger charge is -2.23. The predicted octanol–water partition coefficient (Wildman–Crippen LogP) is 1.57. The molecule has 0 aromatic heterocycles. The van der Waals surface area contributed by atoms with Crippen molar-refractivity contribution in [2.75, 3.05) is 7.11 Å². The summed E-state index contributed by atoms with van der Waals surface area (Å²) in [5.41, 5.74) is 0. The molecule has 0 aliphatic heterocycles. The van der Waals surface area contributed by atoms with Crippen molar-refractivity contribution in [3.05, 3.63) is 0 Å². The molecule has 0 spiro atoms. The Morgan fingerprint density at radius 3 is 2.10 bits per heavy atom. The molecule has 0 unspecified atom stereocenters. The van der Waals surface area contributed by atoms with Gasteiger partial charge in [-0.1, -0.05) is 7.43 Å². The van der Waals surface area contributed by atoms with E-state index in [0.29, 0.717) is 6.10 Å². The average molecular weight is 146 g/mol. The summed E-state index contributed by atoms with van der Waals surface area (Å²) in [5.74, 6) is 0. The fraction of sp³-hybridized carbons (Fsp3) is 1.00. The number of ether oxygens (including phenoxy) is 1. The van der Waals surface area contributed by atoms with Crippen molar-refractivity contribution in [2.24, 2.45) is 0 Å². The van der Waals surface area contributed by atoms with Crippen molar-refractivity contribution in [1.82, 2.24) is 0 Å². The maximum Gasteiger partial charge on any atom is 0.0573 e. The van der Waals surface area contributed by atoms with E-state index in [-0.39, 0.29) is 13.5 Å². The van der Waals surface area contributed by atoms with Crippen LogP contribution in [0.1, 0.15) is 33.1 Å². The second kappa shape index (κ2) is 4.69. The summed E-state index contributed by atoms with van der Waals surface area (Å²) >= 11 is 0. The van der Waals surface area contributed by atoms with Crippen LogP contribution >= 0.6 is 0 Å². The second-order valence-electron chi connectivity index (χ2n) is 2.67. The van der Waals surface area contributed by atoms with E-state index in [9.17, 15) is 0 Å². The van der Waals surface area contributed by atoms with Crippen LogP contribution in [0.15, 0.2) is 0 Å². The fourth-order valence-corrected chi connectivity index (χ4v) is 1.28. The van der Waals surface area contributed by atoms with Gasteiger partial charge in [0, 0.05) is 7.11 Å². The van der Waals surface area contributed by atoms with E-state index in [2.05, 4.69) is 0 Å². The van der Waals surface area contributed by atoms with Gasteiger partial charge in [-0.05, 0) is 25.7 Å². The molecule has 1 aliphatic carbocycles. The molecule has 1 fully saturated rings. The number of aliphatic hydroxyl groups excluding tert-OH is 1. The Kier molecular flexibility index (Phi) is 4.65. The molecule has 0 atom stereocenters. The molecular formula is C8H18O2. The van der Waals surface area contributed by atoms with Crippen LogP contribution in [-0.4, -0.2) is 24.4 Å². The molecule has 0 amide bonds. The van der Waals surface area contributed by atoms with E-state index < -0.39 is 0 Å². The van der Waals surface area contributed by atoms with Crippen molar-refractivity contribution in [2.45, 2.75) is 45.3 Å². The van der Waals surface area contributed by atoms with Crippen LogP contribution in [0.2, 0.25) is 0 Å². The first-order valence-electron chi connectivity index (χ1n) is 3.54. The predicted molar refractivity (Wildman–Crippen MR) is 42.0 cm³/mol. The van der Waals surface area contributed by atoms with E-state index in [0.717, 1.165) is 25.7 Å². The number of rotatable bonds is 1. The highest BCUT2D eigenvalue weighted by Gasteiger charge is 2.17. The van der Waals surface area contributed by atoms with Crippen molar-refractivity contribution in [1.29, 1.82) is 0 Å². The zero-order chi connectivity index (χ0) is 6.69. The number of hydrogen-bond donors (Lipinski definition) is 1. The van der Waals surface area contributed by atoms with Crippen LogP contribution in [0.3, 0.4) is 0 Å². The topological polar surface area (TPSA) is 29.5 Å². The number of hydrogen-bond acceptors (Lipinski definition) is 2. The van der Waals surface area contributed by atoms with Gasteiger partial charge in [0.15, 0.2) is 0 Å². The summed E-state index contributed by atoms with van der Waals surface area (Å²) in [4.78, 5) is 0. The van der Waals surface area contributed by atoms with Crippen molar-refractivity contribution >= 4 is 0 Å². The van der Waals surface area contributed by atoms with Gasteiger partial charge in [0.2, 0.25) is 0 Å². The van der Waals surface area contributed by atoms with Gasteiger partial charge < -0.3 is 9.84 Å². The molecule has 1 rings (SSSR count). The Labute approximate surface area is 63.2 Å². The minimum absolute atomic E-state index is 0. The van der Waals surface area contributed by atoms with E-state index in [1.165, 1.54) is 0 Å². The highest BCUT2D eigenvalue weighted by Crippen LogP contribution is 2.19. The van der Waals surface area contributed by atoms with Gasteiger partial charge >= 0.3 is 0 Å². The third kappa shape index (κ3) is 2.67. The van der Waals surface area contributed by atoms with Crippen LogP contribution in [0.4, 0.5) is 0 Å². The molecule has 0 saturated heterocycles. The van der Waals surface area contributed by atoms with Gasteiger partial charge in [0.25, 0.3) is 0 Å². The first-order chi connectivity index (χ1) is 4.33. The monoisotopic (exact) mass is 146 g/mol. The highest BCUT2D eigenvalue weighted by atomic mass is 16.5. The minimum Gasteiger partial charge on any atom is -0.393 e. The minimum atomic E-state index is -0.0589. The maximum atomic E-state index is 9.07. The molecule has 2 nitrogen and oxygen atoms in total. The van der Waals surface area contributed by atoms with E-state index >= 15 is 0 Å². The Bertz CT molecular complexity index is 75.3. The highest BCUT2D eigenvalue weighted by molar-refractivity contribution is 4.70. The lowest BCUT2D eigenvalue weighted by molar-refractivity contribution is 0.0244. The summed E-state index contributed by atoms with van der Waals surface area (Å²) in [6, 6.07) is 0. The lowest BCUT2D eigenvalue weighted by Crippen LogP contribution is -2.22. The Morgan fingerprint density at radius 2 is 1.70 bits per heavy atom. The molecule has 2 heteroatoms. The van der Waals surface area contributed by atoms with Crippen LogP contribution in [0.25, 0.3) is 0 Å². The first kappa shape index (κ1) is 9.92. The molecule has 0 aromatic carbocycles. The third-order valence-electron chi connectivity index (χ3n) is 1.98. The van der Waals surface area contributed by atoms with Crippen molar-refractivity contribution in [3.8, 4) is 0 Å². The van der Waals surface area contributed by atoms with E-state index in [4.69, 9.17) is 9.84 Å². The molecule has 1 N–H and O–H groups in total. The molecule has 0 bridgehead atoms. The summed E-state index contributed by atoms with van der Waals surface area (Å²) in [6.07, 6.45) is 4.23. The largest absolute Gasteiger partial charge is 0.393 e. The zero-order valence-corrected chi connectivity index (χ0v) is 5.84. The van der Waals surface area contributed by atoms with Gasteiger partial charge in [0.05, 0.1) is 12.2 Å². The normalized spacial score (nSPS) is 33.0. The maximum absolute atomic E-state index is 9.07. The standard InChI is InChI=1S/C7H14O2.CH4/c1-9-7-4-2-6(8)3-5-7;/h6-8H,2-5H2,1H3;1H4. The Morgan fingerprint density at radius 1 is 1.20 bits per heavy atom. The van der Waals surface area contributed by atoms with Crippen molar-refractivity contribution in [3.63, 3.8) is 0 Å². The summed E-state index contributed by atoms with van der Waals surface area (Å²) in [5, 5.41) is 9.07. The first-order valence-corrected chi connectivity index (χ1v) is 3.54. The molecule has 1 aliphatic rings. The Hall–Kier alpha value is -0.0800. The van der Waals surface area contributed by atoms with Gasteiger partial charge in [-0.25, -0.2) is 0 Å². The second-order valence-corrected chi connectivity index (χ2v) is 2.67. The van der Waals surface area contributed by atoms with Crippen LogP contribution in [0, 0.1) is 0 Å². The van der Waals surface area contributed by atoms with Crippen LogP contribution < -0.4 is 0 Å². The SMILES string of the molecule is C.COC1CCC(O)CC1. The Balaban J connectivity index is 0.000000810. The molecular weight excluding hydrogens is 128 g/mol. The molecule has 1 saturated carbocycles.